The van der Waals surface area contributed by atoms with Gasteiger partial charge in [0.2, 0.25) is 10.0 Å². The number of hydrogen-bond donors (Lipinski definition) is 2. The van der Waals surface area contributed by atoms with Crippen LogP contribution in [0.15, 0.2) is 20.0 Å². The molecule has 0 bridgehead atoms. The van der Waals surface area contributed by atoms with E-state index in [-0.39, 0.29) is 22.2 Å². The molecule has 90 valence electrons. The lowest BCUT2D eigenvalue weighted by Crippen LogP contribution is -2.39. The van der Waals surface area contributed by atoms with Crippen molar-refractivity contribution in [2.75, 3.05) is 0 Å². The first-order valence-electron chi connectivity index (χ1n) is 5.03. The first kappa shape index (κ1) is 12.1. The Bertz CT molecular complexity index is 479. The lowest BCUT2D eigenvalue weighted by atomic mass is 9.94. The van der Waals surface area contributed by atoms with Gasteiger partial charge in [-0.05, 0) is 28.8 Å². The Morgan fingerprint density at radius 3 is 2.69 bits per heavy atom. The van der Waals surface area contributed by atoms with E-state index in [2.05, 4.69) is 20.7 Å². The van der Waals surface area contributed by atoms with E-state index >= 15 is 0 Å². The highest BCUT2D eigenvalue weighted by Gasteiger charge is 2.28. The Morgan fingerprint density at radius 2 is 2.25 bits per heavy atom. The summed E-state index contributed by atoms with van der Waals surface area (Å²) in [5.74, 6) is 0.445. The van der Waals surface area contributed by atoms with Crippen molar-refractivity contribution in [1.29, 1.82) is 0 Å². The van der Waals surface area contributed by atoms with E-state index in [1.807, 2.05) is 0 Å². The number of nitrogens with one attached hydrogen (secondary N) is 1. The summed E-state index contributed by atoms with van der Waals surface area (Å²) in [6, 6.07) is 1.51. The van der Waals surface area contributed by atoms with Gasteiger partial charge in [-0.3, -0.25) is 0 Å². The highest BCUT2D eigenvalue weighted by molar-refractivity contribution is 9.10. The molecule has 1 fully saturated rings. The molecule has 7 heteroatoms. The summed E-state index contributed by atoms with van der Waals surface area (Å²) in [6.07, 6.45) is 2.88. The monoisotopic (exact) mass is 308 g/mol. The fourth-order valence-corrected chi connectivity index (χ4v) is 3.79. The van der Waals surface area contributed by atoms with Crippen LogP contribution in [-0.2, 0) is 16.6 Å². The highest BCUT2D eigenvalue weighted by atomic mass is 79.9. The van der Waals surface area contributed by atoms with E-state index in [1.54, 1.807) is 0 Å². The third kappa shape index (κ3) is 2.32. The molecule has 0 atom stereocenters. The predicted molar refractivity (Wildman–Crippen MR) is 62.3 cm³/mol. The second-order valence-electron chi connectivity index (χ2n) is 3.80. The van der Waals surface area contributed by atoms with Crippen LogP contribution in [-0.4, -0.2) is 14.5 Å². The largest absolute Gasteiger partial charge is 0.452 e. The number of rotatable bonds is 4. The molecule has 0 amide bonds. The summed E-state index contributed by atoms with van der Waals surface area (Å²) in [7, 11) is -3.49. The standard InChI is InChI=1S/C9H13BrN2O3S/c10-9-8(4-7(5-11)15-9)16(13,14)12-6-2-1-3-6/h4,6,12H,1-3,5,11H2. The molecule has 0 aliphatic heterocycles. The van der Waals surface area contributed by atoms with Crippen LogP contribution in [0.25, 0.3) is 0 Å². The summed E-state index contributed by atoms with van der Waals surface area (Å²) in [6.45, 7) is 0.178. The van der Waals surface area contributed by atoms with Crippen LogP contribution in [0, 0.1) is 0 Å². The lowest BCUT2D eigenvalue weighted by Gasteiger charge is -2.25. The number of furan rings is 1. The summed E-state index contributed by atoms with van der Waals surface area (Å²) < 4.78 is 31.9. The number of nitrogens with two attached hydrogens (primary N) is 1. The van der Waals surface area contributed by atoms with Crippen molar-refractivity contribution in [2.45, 2.75) is 36.7 Å². The number of sulfonamides is 1. The third-order valence-electron chi connectivity index (χ3n) is 2.62. The second kappa shape index (κ2) is 4.48. The van der Waals surface area contributed by atoms with Crippen molar-refractivity contribution in [3.05, 3.63) is 16.5 Å². The molecule has 0 unspecified atom stereocenters. The molecule has 1 aromatic rings. The summed E-state index contributed by atoms with van der Waals surface area (Å²) in [4.78, 5) is 0.125. The highest BCUT2D eigenvalue weighted by Crippen LogP contribution is 2.28. The Balaban J connectivity index is 2.23. The minimum absolute atomic E-state index is 0.0631. The zero-order valence-electron chi connectivity index (χ0n) is 8.57. The predicted octanol–water partition coefficient (Wildman–Crippen LogP) is 1.33. The molecule has 16 heavy (non-hydrogen) atoms. The van der Waals surface area contributed by atoms with E-state index in [4.69, 9.17) is 10.2 Å². The molecule has 0 radical (unpaired) electrons. The van der Waals surface area contributed by atoms with Gasteiger partial charge in [-0.15, -0.1) is 0 Å². The van der Waals surface area contributed by atoms with Crippen molar-refractivity contribution in [1.82, 2.24) is 4.72 Å². The summed E-state index contributed by atoms with van der Waals surface area (Å²) in [5, 5.41) is 0. The first-order valence-corrected chi connectivity index (χ1v) is 7.31. The molecule has 0 saturated heterocycles. The Kier molecular flexibility index (Phi) is 3.39. The van der Waals surface area contributed by atoms with Gasteiger partial charge in [0.15, 0.2) is 4.67 Å². The van der Waals surface area contributed by atoms with Crippen molar-refractivity contribution < 1.29 is 12.8 Å². The molecule has 3 N–H and O–H groups in total. The summed E-state index contributed by atoms with van der Waals surface area (Å²) >= 11 is 3.08. The zero-order valence-corrected chi connectivity index (χ0v) is 11.0. The van der Waals surface area contributed by atoms with E-state index in [0.29, 0.717) is 5.76 Å². The fourth-order valence-electron chi connectivity index (χ4n) is 1.49. The third-order valence-corrected chi connectivity index (χ3v) is 5.00. The van der Waals surface area contributed by atoms with Crippen LogP contribution in [0.5, 0.6) is 0 Å². The SMILES string of the molecule is NCc1cc(S(=O)(=O)NC2CCC2)c(Br)o1. The maximum atomic E-state index is 11.9. The van der Waals surface area contributed by atoms with Crippen LogP contribution in [0.3, 0.4) is 0 Å². The van der Waals surface area contributed by atoms with E-state index in [1.165, 1.54) is 6.07 Å². The molecule has 1 aliphatic carbocycles. The minimum Gasteiger partial charge on any atom is -0.452 e. The van der Waals surface area contributed by atoms with Gasteiger partial charge < -0.3 is 10.2 Å². The minimum atomic E-state index is -3.49. The van der Waals surface area contributed by atoms with Crippen molar-refractivity contribution >= 4 is 26.0 Å². The average molecular weight is 309 g/mol. The van der Waals surface area contributed by atoms with Crippen molar-refractivity contribution in [3.8, 4) is 0 Å². The molecular weight excluding hydrogens is 296 g/mol. The fraction of sp³-hybridized carbons (Fsp3) is 0.556. The maximum absolute atomic E-state index is 11.9. The van der Waals surface area contributed by atoms with Gasteiger partial charge in [0.1, 0.15) is 10.7 Å². The number of halogens is 1. The second-order valence-corrected chi connectivity index (χ2v) is 6.21. The Hall–Kier alpha value is -0.370. The quantitative estimate of drug-likeness (QED) is 0.878. The van der Waals surface area contributed by atoms with Gasteiger partial charge >= 0.3 is 0 Å². The summed E-state index contributed by atoms with van der Waals surface area (Å²) in [5.41, 5.74) is 5.38. The average Bonchev–Trinajstić information content (AvgIpc) is 2.54. The van der Waals surface area contributed by atoms with Crippen molar-refractivity contribution in [2.24, 2.45) is 5.73 Å². The first-order chi connectivity index (χ1) is 7.53. The molecule has 2 rings (SSSR count). The van der Waals surface area contributed by atoms with E-state index in [0.717, 1.165) is 19.3 Å². The van der Waals surface area contributed by atoms with Crippen LogP contribution in [0.2, 0.25) is 0 Å². The smallest absolute Gasteiger partial charge is 0.245 e. The molecule has 1 aliphatic rings. The van der Waals surface area contributed by atoms with Crippen LogP contribution < -0.4 is 10.5 Å². The molecule has 0 spiro atoms. The number of hydrogen-bond acceptors (Lipinski definition) is 4. The Morgan fingerprint density at radius 1 is 1.56 bits per heavy atom. The van der Waals surface area contributed by atoms with Gasteiger partial charge in [-0.2, -0.15) is 0 Å². The molecule has 1 aromatic heterocycles. The Labute approximate surface area is 103 Å². The molecule has 0 aromatic carbocycles. The zero-order chi connectivity index (χ0) is 11.8. The van der Waals surface area contributed by atoms with E-state index < -0.39 is 10.0 Å². The van der Waals surface area contributed by atoms with Crippen LogP contribution in [0.4, 0.5) is 0 Å². The van der Waals surface area contributed by atoms with Gasteiger partial charge in [0.05, 0.1) is 6.54 Å². The maximum Gasteiger partial charge on any atom is 0.245 e. The lowest BCUT2D eigenvalue weighted by molar-refractivity contribution is 0.383. The van der Waals surface area contributed by atoms with Gasteiger partial charge in [0, 0.05) is 12.1 Å². The van der Waals surface area contributed by atoms with Crippen LogP contribution >= 0.6 is 15.9 Å². The molecule has 5 nitrogen and oxygen atoms in total. The molecular formula is C9H13BrN2O3S. The van der Waals surface area contributed by atoms with Gasteiger partial charge in [-0.25, -0.2) is 13.1 Å². The van der Waals surface area contributed by atoms with Crippen molar-refractivity contribution in [3.63, 3.8) is 0 Å². The topological polar surface area (TPSA) is 85.3 Å². The van der Waals surface area contributed by atoms with E-state index in [9.17, 15) is 8.42 Å². The normalized spacial score (nSPS) is 17.4. The van der Waals surface area contributed by atoms with Gasteiger partial charge in [-0.1, -0.05) is 6.42 Å². The van der Waals surface area contributed by atoms with Crippen LogP contribution in [0.1, 0.15) is 25.0 Å². The van der Waals surface area contributed by atoms with Gasteiger partial charge in [0.25, 0.3) is 0 Å². The molecule has 1 saturated carbocycles. The molecule has 1 heterocycles.